The van der Waals surface area contributed by atoms with Gasteiger partial charge in [-0.2, -0.15) is 0 Å². The first-order chi connectivity index (χ1) is 14.8. The highest BCUT2D eigenvalue weighted by molar-refractivity contribution is 7.92. The summed E-state index contributed by atoms with van der Waals surface area (Å²) >= 11 is 0. The van der Waals surface area contributed by atoms with Crippen molar-refractivity contribution < 1.29 is 13.2 Å². The van der Waals surface area contributed by atoms with Gasteiger partial charge in [0.1, 0.15) is 5.82 Å². The molecule has 2 aromatic carbocycles. The van der Waals surface area contributed by atoms with Gasteiger partial charge in [-0.1, -0.05) is 6.07 Å². The van der Waals surface area contributed by atoms with Crippen molar-refractivity contribution in [3.05, 3.63) is 77.4 Å². The van der Waals surface area contributed by atoms with Crippen LogP contribution in [0.5, 0.6) is 0 Å². The lowest BCUT2D eigenvalue weighted by Gasteiger charge is -2.24. The van der Waals surface area contributed by atoms with E-state index in [4.69, 9.17) is 0 Å². The summed E-state index contributed by atoms with van der Waals surface area (Å²) in [6, 6.07) is 11.6. The number of benzene rings is 2. The fraction of sp³-hybridized carbons (Fsp3) is 0.304. The topological polar surface area (TPSA) is 84.3 Å². The summed E-state index contributed by atoms with van der Waals surface area (Å²) in [7, 11) is -1.77. The van der Waals surface area contributed by atoms with Gasteiger partial charge >= 0.3 is 0 Å². The molecule has 1 atom stereocenters. The molecule has 4 rings (SSSR count). The predicted molar refractivity (Wildman–Crippen MR) is 119 cm³/mol. The van der Waals surface area contributed by atoms with Gasteiger partial charge in [0.15, 0.2) is 0 Å². The summed E-state index contributed by atoms with van der Waals surface area (Å²) in [5.41, 5.74) is 2.89. The molecule has 0 aliphatic carbocycles. The van der Waals surface area contributed by atoms with Crippen LogP contribution < -0.4 is 4.72 Å². The number of imidazole rings is 1. The number of carbonyl (C=O) groups is 1. The molecule has 1 fully saturated rings. The quantitative estimate of drug-likeness (QED) is 0.656. The number of aryl methyl sites for hydroxylation is 3. The smallest absolute Gasteiger partial charge is 0.261 e. The molecule has 0 saturated carbocycles. The van der Waals surface area contributed by atoms with Gasteiger partial charge in [0.25, 0.3) is 15.9 Å². The Morgan fingerprint density at radius 1 is 1.10 bits per heavy atom. The van der Waals surface area contributed by atoms with Crippen LogP contribution in [0.25, 0.3) is 0 Å². The van der Waals surface area contributed by atoms with Crippen LogP contribution in [0, 0.1) is 13.8 Å². The number of rotatable bonds is 5. The van der Waals surface area contributed by atoms with Gasteiger partial charge in [-0.05, 0) is 74.2 Å². The molecule has 7 nitrogen and oxygen atoms in total. The predicted octanol–water partition coefficient (Wildman–Crippen LogP) is 3.82. The molecule has 162 valence electrons. The highest BCUT2D eigenvalue weighted by atomic mass is 32.2. The number of aromatic nitrogens is 2. The van der Waals surface area contributed by atoms with Crippen LogP contribution in [0.1, 0.15) is 46.2 Å². The van der Waals surface area contributed by atoms with E-state index in [9.17, 15) is 13.2 Å². The Kier molecular flexibility index (Phi) is 5.58. The number of likely N-dealkylation sites (tertiary alicyclic amines) is 1. The zero-order valence-electron chi connectivity index (χ0n) is 17.9. The highest BCUT2D eigenvalue weighted by Gasteiger charge is 2.32. The lowest BCUT2D eigenvalue weighted by molar-refractivity contribution is 0.0728. The molecular formula is C23H26N4O3S. The van der Waals surface area contributed by atoms with Crippen molar-refractivity contribution in [1.82, 2.24) is 14.5 Å². The number of amides is 1. The van der Waals surface area contributed by atoms with Gasteiger partial charge in [-0.3, -0.25) is 9.52 Å². The first-order valence-corrected chi connectivity index (χ1v) is 11.7. The van der Waals surface area contributed by atoms with Crippen LogP contribution in [-0.2, 0) is 17.1 Å². The second-order valence-corrected chi connectivity index (χ2v) is 9.66. The molecule has 3 aromatic rings. The normalized spacial score (nSPS) is 16.5. The number of anilines is 1. The van der Waals surface area contributed by atoms with Crippen LogP contribution in [0.2, 0.25) is 0 Å². The van der Waals surface area contributed by atoms with Crippen molar-refractivity contribution in [3.8, 4) is 0 Å². The number of hydrogen-bond acceptors (Lipinski definition) is 4. The van der Waals surface area contributed by atoms with E-state index >= 15 is 0 Å². The Morgan fingerprint density at radius 3 is 2.48 bits per heavy atom. The molecule has 0 radical (unpaired) electrons. The zero-order valence-corrected chi connectivity index (χ0v) is 18.7. The maximum atomic E-state index is 13.1. The Labute approximate surface area is 182 Å². The van der Waals surface area contributed by atoms with Gasteiger partial charge in [-0.25, -0.2) is 13.4 Å². The molecule has 2 heterocycles. The van der Waals surface area contributed by atoms with Crippen molar-refractivity contribution in [1.29, 1.82) is 0 Å². The summed E-state index contributed by atoms with van der Waals surface area (Å²) in [6.07, 6.45) is 5.43. The monoisotopic (exact) mass is 438 g/mol. The Bertz CT molecular complexity index is 1220. The number of sulfonamides is 1. The van der Waals surface area contributed by atoms with Crippen molar-refractivity contribution in [2.75, 3.05) is 11.3 Å². The van der Waals surface area contributed by atoms with Crippen molar-refractivity contribution >= 4 is 21.6 Å². The fourth-order valence-corrected chi connectivity index (χ4v) is 5.06. The third-order valence-corrected chi connectivity index (χ3v) is 7.22. The van der Waals surface area contributed by atoms with Gasteiger partial charge in [0.2, 0.25) is 0 Å². The first-order valence-electron chi connectivity index (χ1n) is 10.2. The number of hydrogen-bond donors (Lipinski definition) is 1. The third kappa shape index (κ3) is 4.20. The minimum Gasteiger partial charge on any atom is -0.336 e. The fourth-order valence-electron chi connectivity index (χ4n) is 3.92. The van der Waals surface area contributed by atoms with E-state index in [-0.39, 0.29) is 16.8 Å². The largest absolute Gasteiger partial charge is 0.336 e. The third-order valence-electron chi connectivity index (χ3n) is 5.84. The Hall–Kier alpha value is -3.13. The summed E-state index contributed by atoms with van der Waals surface area (Å²) in [6.45, 7) is 4.50. The summed E-state index contributed by atoms with van der Waals surface area (Å²) in [4.78, 5) is 19.6. The van der Waals surface area contributed by atoms with Crippen LogP contribution in [0.3, 0.4) is 0 Å². The average Bonchev–Trinajstić information content (AvgIpc) is 3.38. The van der Waals surface area contributed by atoms with E-state index < -0.39 is 10.0 Å². The SMILES string of the molecule is Cc1ccc(S(=O)(=O)Nc2ccc(C(=O)N3CCC[C@@H]3c3nccn3C)cc2)cc1C. The van der Waals surface area contributed by atoms with Gasteiger partial charge < -0.3 is 9.47 Å². The Morgan fingerprint density at radius 2 is 1.84 bits per heavy atom. The molecule has 1 aromatic heterocycles. The van der Waals surface area contributed by atoms with E-state index in [1.807, 2.05) is 36.6 Å². The number of nitrogens with one attached hydrogen (secondary N) is 1. The number of nitrogens with zero attached hydrogens (tertiary/aromatic N) is 3. The molecule has 31 heavy (non-hydrogen) atoms. The highest BCUT2D eigenvalue weighted by Crippen LogP contribution is 2.32. The molecule has 1 N–H and O–H groups in total. The van der Waals surface area contributed by atoms with E-state index in [1.54, 1.807) is 48.7 Å². The second-order valence-electron chi connectivity index (χ2n) is 7.98. The second kappa shape index (κ2) is 8.19. The van der Waals surface area contributed by atoms with E-state index in [0.29, 0.717) is 17.8 Å². The first kappa shape index (κ1) is 21.1. The lowest BCUT2D eigenvalue weighted by Crippen LogP contribution is -2.31. The van der Waals surface area contributed by atoms with Gasteiger partial charge in [0, 0.05) is 37.2 Å². The molecule has 1 aliphatic rings. The molecule has 1 saturated heterocycles. The van der Waals surface area contributed by atoms with E-state index in [0.717, 1.165) is 29.8 Å². The van der Waals surface area contributed by atoms with Crippen molar-refractivity contribution in [2.45, 2.75) is 37.6 Å². The van der Waals surface area contributed by atoms with Crippen LogP contribution in [-0.4, -0.2) is 35.3 Å². The summed E-state index contributed by atoms with van der Waals surface area (Å²) in [5.74, 6) is 0.803. The average molecular weight is 439 g/mol. The summed E-state index contributed by atoms with van der Waals surface area (Å²) < 4.78 is 29.9. The number of carbonyl (C=O) groups excluding carboxylic acids is 1. The molecule has 0 bridgehead atoms. The summed E-state index contributed by atoms with van der Waals surface area (Å²) in [5, 5.41) is 0. The van der Waals surface area contributed by atoms with Crippen LogP contribution in [0.4, 0.5) is 5.69 Å². The van der Waals surface area contributed by atoms with Crippen LogP contribution in [0.15, 0.2) is 59.8 Å². The van der Waals surface area contributed by atoms with E-state index in [2.05, 4.69) is 9.71 Å². The molecular weight excluding hydrogens is 412 g/mol. The van der Waals surface area contributed by atoms with Crippen molar-refractivity contribution in [2.24, 2.45) is 7.05 Å². The standard InChI is InChI=1S/C23H26N4O3S/c1-16-6-11-20(15-17(16)2)31(29,30)25-19-9-7-18(8-10-19)23(28)27-13-4-5-21(27)22-24-12-14-26(22)3/h6-12,14-15,21,25H,4-5,13H2,1-3H3/t21-/m1/s1. The van der Waals surface area contributed by atoms with Gasteiger partial charge in [0.05, 0.1) is 10.9 Å². The molecule has 8 heteroatoms. The minimum atomic E-state index is -3.70. The van der Waals surface area contributed by atoms with E-state index in [1.165, 1.54) is 0 Å². The van der Waals surface area contributed by atoms with Gasteiger partial charge in [-0.15, -0.1) is 0 Å². The van der Waals surface area contributed by atoms with Crippen molar-refractivity contribution in [3.63, 3.8) is 0 Å². The Balaban J connectivity index is 1.50. The maximum Gasteiger partial charge on any atom is 0.261 e. The molecule has 0 unspecified atom stereocenters. The maximum absolute atomic E-state index is 13.1. The molecule has 1 amide bonds. The lowest BCUT2D eigenvalue weighted by atomic mass is 10.1. The zero-order chi connectivity index (χ0) is 22.2. The minimum absolute atomic E-state index is 0.0459. The molecule has 1 aliphatic heterocycles. The van der Waals surface area contributed by atoms with Crippen LogP contribution >= 0.6 is 0 Å². The molecule has 0 spiro atoms.